The summed E-state index contributed by atoms with van der Waals surface area (Å²) in [4.78, 5) is 14.6. The summed E-state index contributed by atoms with van der Waals surface area (Å²) in [7, 11) is 0. The summed E-state index contributed by atoms with van der Waals surface area (Å²) in [5.41, 5.74) is 1.80. The third-order valence-electron chi connectivity index (χ3n) is 5.98. The predicted octanol–water partition coefficient (Wildman–Crippen LogP) is 8.58. The molecule has 0 bridgehead atoms. The standard InChI is InChI=1S/C27H14F2NO.C5H8O2.Ir/c28-22-10-5-11-23(29)26(22)25-15-21-24(31-25)12-13-30-27(21)20-14-16-6-1-2-7-17(16)18-8-3-4-9-19(18)20;1-4(6)3-5(2)7;/h1-13,15H;3,6H,1-2H3;/q-1;;/b;4-3-;. The van der Waals surface area contributed by atoms with Crippen LogP contribution in [0.2, 0.25) is 0 Å². The molecule has 6 aromatic rings. The van der Waals surface area contributed by atoms with E-state index in [1.165, 1.54) is 38.1 Å². The Hall–Kier alpha value is -4.19. The molecule has 0 aliphatic heterocycles. The number of allylic oxidation sites excluding steroid dienone is 2. The van der Waals surface area contributed by atoms with Crippen molar-refractivity contribution in [2.75, 3.05) is 0 Å². The van der Waals surface area contributed by atoms with Crippen LogP contribution in [-0.4, -0.2) is 15.9 Å². The van der Waals surface area contributed by atoms with Crippen molar-refractivity contribution in [2.45, 2.75) is 13.8 Å². The predicted molar refractivity (Wildman–Crippen MR) is 146 cm³/mol. The monoisotopic (exact) mass is 699 g/mol. The number of rotatable bonds is 3. The number of ketones is 1. The van der Waals surface area contributed by atoms with Crippen molar-refractivity contribution in [2.24, 2.45) is 0 Å². The molecule has 0 amide bonds. The van der Waals surface area contributed by atoms with Gasteiger partial charge in [0.15, 0.2) is 5.78 Å². The second-order valence-corrected chi connectivity index (χ2v) is 8.77. The molecule has 0 saturated carbocycles. The van der Waals surface area contributed by atoms with Crippen LogP contribution < -0.4 is 0 Å². The third kappa shape index (κ3) is 5.65. The number of aliphatic hydroxyl groups is 1. The van der Waals surface area contributed by atoms with Crippen molar-refractivity contribution >= 4 is 38.3 Å². The molecule has 6 rings (SSSR count). The fourth-order valence-electron chi connectivity index (χ4n) is 4.46. The maximum atomic E-state index is 14.3. The topological polar surface area (TPSA) is 63.3 Å². The van der Waals surface area contributed by atoms with Crippen molar-refractivity contribution in [3.63, 3.8) is 0 Å². The third-order valence-corrected chi connectivity index (χ3v) is 5.98. The van der Waals surface area contributed by atoms with E-state index in [-0.39, 0.29) is 43.0 Å². The van der Waals surface area contributed by atoms with E-state index in [4.69, 9.17) is 9.52 Å². The van der Waals surface area contributed by atoms with E-state index in [9.17, 15) is 13.6 Å². The summed E-state index contributed by atoms with van der Waals surface area (Å²) in [6, 6.07) is 26.8. The number of benzene rings is 4. The smallest absolute Gasteiger partial charge is 0.155 e. The number of carbonyl (C=O) groups excluding carboxylic acids is 1. The number of pyridine rings is 1. The number of furan rings is 1. The van der Waals surface area contributed by atoms with E-state index in [0.717, 1.165) is 27.1 Å². The summed E-state index contributed by atoms with van der Waals surface area (Å²) in [5, 5.41) is 13.2. The first-order valence-corrected chi connectivity index (χ1v) is 11.9. The van der Waals surface area contributed by atoms with Gasteiger partial charge in [-0.05, 0) is 38.1 Å². The van der Waals surface area contributed by atoms with Gasteiger partial charge in [0, 0.05) is 43.5 Å². The molecule has 0 spiro atoms. The van der Waals surface area contributed by atoms with Crippen LogP contribution in [-0.2, 0) is 24.9 Å². The molecule has 1 N–H and O–H groups in total. The molecule has 0 aliphatic carbocycles. The van der Waals surface area contributed by atoms with Crippen LogP contribution in [0.5, 0.6) is 0 Å². The van der Waals surface area contributed by atoms with E-state index in [0.29, 0.717) is 16.7 Å². The zero-order chi connectivity index (χ0) is 26.8. The van der Waals surface area contributed by atoms with E-state index >= 15 is 0 Å². The van der Waals surface area contributed by atoms with Gasteiger partial charge in [-0.3, -0.25) is 9.78 Å². The van der Waals surface area contributed by atoms with Gasteiger partial charge in [0.1, 0.15) is 23.0 Å². The number of nitrogens with zero attached hydrogens (tertiary/aromatic N) is 1. The van der Waals surface area contributed by atoms with Crippen molar-refractivity contribution in [3.8, 4) is 22.6 Å². The maximum absolute atomic E-state index is 14.3. The molecule has 4 aromatic carbocycles. The molecule has 0 fully saturated rings. The molecule has 197 valence electrons. The number of fused-ring (bicyclic) bond motifs is 4. The Bertz CT molecular complexity index is 1840. The Balaban J connectivity index is 0.000000394. The Morgan fingerprint density at radius 3 is 2.15 bits per heavy atom. The van der Waals surface area contributed by atoms with Crippen LogP contribution in [0, 0.1) is 17.7 Å². The molecule has 4 nitrogen and oxygen atoms in total. The first kappa shape index (κ1) is 27.8. The van der Waals surface area contributed by atoms with E-state index in [1.54, 1.807) is 18.3 Å². The van der Waals surface area contributed by atoms with Gasteiger partial charge in [0.2, 0.25) is 0 Å². The van der Waals surface area contributed by atoms with Crippen molar-refractivity contribution in [1.82, 2.24) is 4.98 Å². The van der Waals surface area contributed by atoms with Crippen molar-refractivity contribution in [3.05, 3.63) is 115 Å². The minimum Gasteiger partial charge on any atom is -0.512 e. The van der Waals surface area contributed by atoms with Crippen LogP contribution in [0.15, 0.2) is 101 Å². The molecule has 0 aliphatic rings. The average molecular weight is 699 g/mol. The molecule has 2 heterocycles. The molecule has 2 aromatic heterocycles. The van der Waals surface area contributed by atoms with Gasteiger partial charge in [-0.2, -0.15) is 0 Å². The first-order valence-electron chi connectivity index (χ1n) is 11.9. The number of aromatic nitrogens is 1. The Morgan fingerprint density at radius 1 is 0.872 bits per heavy atom. The summed E-state index contributed by atoms with van der Waals surface area (Å²) in [6.45, 7) is 2.85. The van der Waals surface area contributed by atoms with Gasteiger partial charge in [-0.15, -0.1) is 17.5 Å². The molecular formula is C32H22F2IrNO3-. The van der Waals surface area contributed by atoms with Crippen LogP contribution in [0.3, 0.4) is 0 Å². The number of hydrogen-bond donors (Lipinski definition) is 1. The Morgan fingerprint density at radius 2 is 1.51 bits per heavy atom. The zero-order valence-corrected chi connectivity index (χ0v) is 23.4. The quantitative estimate of drug-likeness (QED) is 0.0871. The number of hydrogen-bond acceptors (Lipinski definition) is 4. The number of aliphatic hydroxyl groups excluding tert-OH is 1. The Kier molecular flexibility index (Phi) is 8.34. The molecule has 7 heteroatoms. The summed E-state index contributed by atoms with van der Waals surface area (Å²) >= 11 is 0. The summed E-state index contributed by atoms with van der Waals surface area (Å²) < 4.78 is 34.5. The largest absolute Gasteiger partial charge is 0.512 e. The summed E-state index contributed by atoms with van der Waals surface area (Å²) in [5.74, 6) is -1.27. The minimum absolute atomic E-state index is 0. The van der Waals surface area contributed by atoms with Gasteiger partial charge in [-0.25, -0.2) is 8.78 Å². The molecule has 39 heavy (non-hydrogen) atoms. The second kappa shape index (κ2) is 11.7. The molecule has 0 atom stereocenters. The second-order valence-electron chi connectivity index (χ2n) is 8.77. The van der Waals surface area contributed by atoms with E-state index in [2.05, 4.69) is 23.2 Å². The van der Waals surface area contributed by atoms with Gasteiger partial charge in [-0.1, -0.05) is 70.3 Å². The van der Waals surface area contributed by atoms with Crippen molar-refractivity contribution < 1.29 is 43.2 Å². The normalized spacial score (nSPS) is 11.2. The molecule has 1 radical (unpaired) electrons. The maximum Gasteiger partial charge on any atom is 0.155 e. The van der Waals surface area contributed by atoms with Crippen LogP contribution in [0.4, 0.5) is 8.78 Å². The SMILES string of the molecule is CC(=O)/C=C(/C)O.Fc1cccc(F)c1-c1cc2c(-c3[c-]c4ccccc4c4ccccc34)nccc2o1.[Ir]. The van der Waals surface area contributed by atoms with Crippen LogP contribution in [0.1, 0.15) is 13.8 Å². The fourth-order valence-corrected chi connectivity index (χ4v) is 4.46. The van der Waals surface area contributed by atoms with E-state index < -0.39 is 11.6 Å². The minimum atomic E-state index is -0.670. The van der Waals surface area contributed by atoms with Gasteiger partial charge >= 0.3 is 0 Å². The van der Waals surface area contributed by atoms with Crippen LogP contribution in [0.25, 0.3) is 55.1 Å². The Labute approximate surface area is 237 Å². The summed E-state index contributed by atoms with van der Waals surface area (Å²) in [6.07, 6.45) is 2.81. The van der Waals surface area contributed by atoms with E-state index in [1.807, 2.05) is 36.4 Å². The first-order chi connectivity index (χ1) is 18.3. The molecule has 0 saturated heterocycles. The van der Waals surface area contributed by atoms with Gasteiger partial charge in [0.25, 0.3) is 0 Å². The van der Waals surface area contributed by atoms with Crippen molar-refractivity contribution in [1.29, 1.82) is 0 Å². The van der Waals surface area contributed by atoms with Gasteiger partial charge < -0.3 is 9.52 Å². The van der Waals surface area contributed by atoms with Gasteiger partial charge in [0.05, 0.1) is 11.3 Å². The number of halogens is 2. The number of carbonyl (C=O) groups is 1. The molecular weight excluding hydrogens is 677 g/mol. The zero-order valence-electron chi connectivity index (χ0n) is 21.0. The van der Waals surface area contributed by atoms with Crippen LogP contribution >= 0.6 is 0 Å². The molecule has 0 unspecified atom stereocenters. The average Bonchev–Trinajstić information content (AvgIpc) is 3.32. The fraction of sp³-hybridized carbons (Fsp3) is 0.0625.